The van der Waals surface area contributed by atoms with Crippen molar-refractivity contribution in [2.45, 2.75) is 19.8 Å². The fraction of sp³-hybridized carbons (Fsp3) is 0.385. The molecule has 6 heteroatoms. The van der Waals surface area contributed by atoms with Crippen molar-refractivity contribution >= 4 is 11.7 Å². The van der Waals surface area contributed by atoms with Crippen molar-refractivity contribution in [3.8, 4) is 6.07 Å². The van der Waals surface area contributed by atoms with Gasteiger partial charge in [-0.15, -0.1) is 0 Å². The fourth-order valence-electron chi connectivity index (χ4n) is 1.49. The first-order valence-corrected chi connectivity index (χ1v) is 5.87. The first-order chi connectivity index (χ1) is 9.08. The summed E-state index contributed by atoms with van der Waals surface area (Å²) >= 11 is 0. The minimum Gasteiger partial charge on any atom is -0.466 e. The number of ether oxygens (including phenoxy) is 1. The van der Waals surface area contributed by atoms with Crippen LogP contribution in [0.2, 0.25) is 0 Å². The van der Waals surface area contributed by atoms with Crippen LogP contribution in [0.3, 0.4) is 0 Å². The second-order valence-electron chi connectivity index (χ2n) is 3.76. The van der Waals surface area contributed by atoms with E-state index in [1.807, 2.05) is 0 Å². The van der Waals surface area contributed by atoms with E-state index in [-0.39, 0.29) is 30.2 Å². The van der Waals surface area contributed by atoms with Crippen molar-refractivity contribution in [1.82, 2.24) is 0 Å². The molecule has 0 fully saturated rings. The zero-order valence-electron chi connectivity index (χ0n) is 10.5. The molecule has 0 radical (unpaired) electrons. The van der Waals surface area contributed by atoms with E-state index < -0.39 is 11.6 Å². The van der Waals surface area contributed by atoms with Crippen LogP contribution in [0.1, 0.15) is 25.3 Å². The molecule has 1 aromatic carbocycles. The predicted molar refractivity (Wildman–Crippen MR) is 65.4 cm³/mol. The number of nitriles is 1. The topological polar surface area (TPSA) is 62.1 Å². The zero-order chi connectivity index (χ0) is 14.3. The van der Waals surface area contributed by atoms with Gasteiger partial charge in [-0.05, 0) is 25.5 Å². The molecule has 0 bridgehead atoms. The molecular weight excluding hydrogens is 254 g/mol. The Labute approximate surface area is 110 Å². The fourth-order valence-corrected chi connectivity index (χ4v) is 1.49. The first-order valence-electron chi connectivity index (χ1n) is 5.87. The second-order valence-corrected chi connectivity index (χ2v) is 3.76. The maximum atomic E-state index is 13.5. The summed E-state index contributed by atoms with van der Waals surface area (Å²) in [6, 6.07) is 3.57. The van der Waals surface area contributed by atoms with E-state index in [0.717, 1.165) is 12.1 Å². The van der Waals surface area contributed by atoms with Gasteiger partial charge in [-0.1, -0.05) is 0 Å². The Hall–Kier alpha value is -2.16. The van der Waals surface area contributed by atoms with Crippen LogP contribution in [-0.2, 0) is 9.53 Å². The van der Waals surface area contributed by atoms with E-state index in [2.05, 4.69) is 5.32 Å². The van der Waals surface area contributed by atoms with Gasteiger partial charge < -0.3 is 10.1 Å². The van der Waals surface area contributed by atoms with Gasteiger partial charge in [0.05, 0.1) is 18.2 Å². The molecule has 0 aliphatic heterocycles. The maximum absolute atomic E-state index is 13.5. The summed E-state index contributed by atoms with van der Waals surface area (Å²) in [5.74, 6) is -1.99. The van der Waals surface area contributed by atoms with Crippen molar-refractivity contribution in [2.24, 2.45) is 0 Å². The van der Waals surface area contributed by atoms with Crippen LogP contribution in [0, 0.1) is 23.0 Å². The van der Waals surface area contributed by atoms with Crippen LogP contribution in [0.25, 0.3) is 0 Å². The molecule has 0 amide bonds. The Balaban J connectivity index is 2.50. The normalized spacial score (nSPS) is 9.79. The molecule has 0 saturated heterocycles. The summed E-state index contributed by atoms with van der Waals surface area (Å²) in [4.78, 5) is 11.0. The molecule has 4 nitrogen and oxygen atoms in total. The number of carbonyl (C=O) groups is 1. The third kappa shape index (κ3) is 4.54. The molecule has 1 N–H and O–H groups in total. The monoisotopic (exact) mass is 268 g/mol. The summed E-state index contributed by atoms with van der Waals surface area (Å²) in [6.07, 6.45) is 0.581. The molecule has 0 atom stereocenters. The molecular formula is C13H14F2N2O2. The average molecular weight is 268 g/mol. The number of rotatable bonds is 6. The molecule has 0 aliphatic rings. The van der Waals surface area contributed by atoms with Crippen LogP contribution in [0.15, 0.2) is 12.1 Å². The molecule has 0 unspecified atom stereocenters. The van der Waals surface area contributed by atoms with Crippen molar-refractivity contribution in [2.75, 3.05) is 18.5 Å². The predicted octanol–water partition coefficient (Wildman–Crippen LogP) is 2.59. The van der Waals surface area contributed by atoms with Crippen LogP contribution in [-0.4, -0.2) is 19.1 Å². The number of anilines is 1. The smallest absolute Gasteiger partial charge is 0.305 e. The lowest BCUT2D eigenvalue weighted by molar-refractivity contribution is -0.143. The number of carbonyl (C=O) groups excluding carboxylic acids is 1. The minimum absolute atomic E-state index is 0.0768. The molecule has 0 spiro atoms. The molecule has 19 heavy (non-hydrogen) atoms. The van der Waals surface area contributed by atoms with Gasteiger partial charge in [0.2, 0.25) is 0 Å². The van der Waals surface area contributed by atoms with E-state index in [1.54, 1.807) is 13.0 Å². The summed E-state index contributed by atoms with van der Waals surface area (Å²) in [5.41, 5.74) is -0.366. The molecule has 0 heterocycles. The van der Waals surface area contributed by atoms with Gasteiger partial charge in [0, 0.05) is 13.0 Å². The Morgan fingerprint density at radius 3 is 2.58 bits per heavy atom. The maximum Gasteiger partial charge on any atom is 0.305 e. The highest BCUT2D eigenvalue weighted by molar-refractivity contribution is 5.69. The van der Waals surface area contributed by atoms with Crippen LogP contribution in [0.5, 0.6) is 0 Å². The van der Waals surface area contributed by atoms with E-state index in [1.165, 1.54) is 0 Å². The first kappa shape index (κ1) is 14.9. The average Bonchev–Trinajstić information content (AvgIpc) is 2.37. The van der Waals surface area contributed by atoms with Crippen LogP contribution >= 0.6 is 0 Å². The van der Waals surface area contributed by atoms with Crippen LogP contribution in [0.4, 0.5) is 14.5 Å². The molecule has 0 aliphatic carbocycles. The van der Waals surface area contributed by atoms with Gasteiger partial charge in [0.15, 0.2) is 11.6 Å². The van der Waals surface area contributed by atoms with Crippen molar-refractivity contribution in [3.63, 3.8) is 0 Å². The molecule has 0 aromatic heterocycles. The molecule has 0 saturated carbocycles. The lowest BCUT2D eigenvalue weighted by atomic mass is 10.2. The minimum atomic E-state index is -0.826. The molecule has 1 aromatic rings. The Kier molecular flexibility index (Phi) is 5.73. The molecule has 102 valence electrons. The summed E-state index contributed by atoms with van der Waals surface area (Å²) < 4.78 is 31.6. The van der Waals surface area contributed by atoms with E-state index in [9.17, 15) is 13.6 Å². The van der Waals surface area contributed by atoms with E-state index in [0.29, 0.717) is 13.0 Å². The summed E-state index contributed by atoms with van der Waals surface area (Å²) in [6.45, 7) is 2.25. The third-order valence-corrected chi connectivity index (χ3v) is 2.34. The number of hydrogen-bond acceptors (Lipinski definition) is 4. The number of nitrogens with one attached hydrogen (secondary N) is 1. The third-order valence-electron chi connectivity index (χ3n) is 2.34. The largest absolute Gasteiger partial charge is 0.466 e. The summed E-state index contributed by atoms with van der Waals surface area (Å²) in [5, 5.41) is 11.1. The Morgan fingerprint density at radius 1 is 1.42 bits per heavy atom. The van der Waals surface area contributed by atoms with Crippen molar-refractivity contribution < 1.29 is 18.3 Å². The van der Waals surface area contributed by atoms with Crippen molar-refractivity contribution in [1.29, 1.82) is 5.26 Å². The number of hydrogen-bond donors (Lipinski definition) is 1. The number of halogens is 2. The van der Waals surface area contributed by atoms with E-state index in [4.69, 9.17) is 10.00 Å². The highest BCUT2D eigenvalue weighted by Gasteiger charge is 2.11. The van der Waals surface area contributed by atoms with Gasteiger partial charge in [0.1, 0.15) is 5.69 Å². The zero-order valence-corrected chi connectivity index (χ0v) is 10.5. The molecule has 1 rings (SSSR count). The quantitative estimate of drug-likeness (QED) is 0.636. The highest BCUT2D eigenvalue weighted by atomic mass is 19.1. The van der Waals surface area contributed by atoms with Gasteiger partial charge in [-0.2, -0.15) is 5.26 Å². The Morgan fingerprint density at radius 2 is 2.05 bits per heavy atom. The Bertz CT molecular complexity index is 475. The second kappa shape index (κ2) is 7.31. The SMILES string of the molecule is CCOC(=O)CCCNc1c(F)cc(C#N)cc1F. The summed E-state index contributed by atoms with van der Waals surface area (Å²) in [7, 11) is 0. The van der Waals surface area contributed by atoms with Crippen molar-refractivity contribution in [3.05, 3.63) is 29.3 Å². The van der Waals surface area contributed by atoms with Gasteiger partial charge >= 0.3 is 5.97 Å². The number of benzene rings is 1. The van der Waals surface area contributed by atoms with E-state index >= 15 is 0 Å². The standard InChI is InChI=1S/C13H14F2N2O2/c1-2-19-12(18)4-3-5-17-13-10(14)6-9(8-16)7-11(13)15/h6-7,17H,2-5H2,1H3. The lowest BCUT2D eigenvalue weighted by Gasteiger charge is -2.08. The van der Waals surface area contributed by atoms with Gasteiger partial charge in [0.25, 0.3) is 0 Å². The number of nitrogens with zero attached hydrogens (tertiary/aromatic N) is 1. The lowest BCUT2D eigenvalue weighted by Crippen LogP contribution is -2.10. The van der Waals surface area contributed by atoms with Gasteiger partial charge in [-0.3, -0.25) is 4.79 Å². The number of esters is 1. The van der Waals surface area contributed by atoms with Gasteiger partial charge in [-0.25, -0.2) is 8.78 Å². The van der Waals surface area contributed by atoms with Crippen LogP contribution < -0.4 is 5.32 Å². The highest BCUT2D eigenvalue weighted by Crippen LogP contribution is 2.20.